The number of carboxylic acids is 1. The van der Waals surface area contributed by atoms with Crippen LogP contribution in [-0.2, 0) is 9.53 Å². The molecule has 2 aliphatic carbocycles. The highest BCUT2D eigenvalue weighted by Gasteiger charge is 2.30. The Morgan fingerprint density at radius 1 is 1.10 bits per heavy atom. The molecule has 2 aromatic rings. The van der Waals surface area contributed by atoms with Gasteiger partial charge in [0.05, 0.1) is 18.6 Å². The van der Waals surface area contributed by atoms with E-state index in [-0.39, 0.29) is 19.1 Å². The monoisotopic (exact) mass is 407 g/mol. The van der Waals surface area contributed by atoms with Crippen molar-refractivity contribution in [2.24, 2.45) is 5.92 Å². The van der Waals surface area contributed by atoms with Crippen molar-refractivity contribution in [1.82, 2.24) is 5.32 Å². The highest BCUT2D eigenvalue weighted by Crippen LogP contribution is 2.44. The summed E-state index contributed by atoms with van der Waals surface area (Å²) >= 11 is 0. The van der Waals surface area contributed by atoms with Crippen molar-refractivity contribution >= 4 is 12.1 Å². The SMILES string of the molecule is O=C(N[C@H](C=C1CCC[C@H]1C(=O)O)CO)OCC1c2ccccc2-c2ccccc21. The molecule has 0 unspecified atom stereocenters. The van der Waals surface area contributed by atoms with Gasteiger partial charge in [-0.3, -0.25) is 4.79 Å². The number of alkyl carbamates (subject to hydrolysis) is 1. The molecule has 1 amide bonds. The third-order valence-electron chi connectivity index (χ3n) is 5.96. The minimum Gasteiger partial charge on any atom is -0.481 e. The van der Waals surface area contributed by atoms with Crippen LogP contribution < -0.4 is 5.32 Å². The van der Waals surface area contributed by atoms with Crippen molar-refractivity contribution in [3.63, 3.8) is 0 Å². The summed E-state index contributed by atoms with van der Waals surface area (Å²) in [5, 5.41) is 21.6. The van der Waals surface area contributed by atoms with Gasteiger partial charge < -0.3 is 20.3 Å². The Morgan fingerprint density at radius 2 is 1.73 bits per heavy atom. The van der Waals surface area contributed by atoms with Crippen LogP contribution in [0.2, 0.25) is 0 Å². The largest absolute Gasteiger partial charge is 0.481 e. The van der Waals surface area contributed by atoms with Crippen LogP contribution in [0.5, 0.6) is 0 Å². The minimum absolute atomic E-state index is 0.0414. The van der Waals surface area contributed by atoms with E-state index in [1.807, 2.05) is 36.4 Å². The third-order valence-corrected chi connectivity index (χ3v) is 5.96. The summed E-state index contributed by atoms with van der Waals surface area (Å²) in [5.74, 6) is -1.44. The summed E-state index contributed by atoms with van der Waals surface area (Å²) in [6.07, 6.45) is 3.08. The van der Waals surface area contributed by atoms with Crippen molar-refractivity contribution in [2.75, 3.05) is 13.2 Å². The Hall–Kier alpha value is -3.12. The number of hydrogen-bond donors (Lipinski definition) is 3. The Kier molecular flexibility index (Phi) is 5.86. The number of carbonyl (C=O) groups is 2. The molecule has 156 valence electrons. The number of carboxylic acid groups (broad SMARTS) is 1. The van der Waals surface area contributed by atoms with Gasteiger partial charge in [0.1, 0.15) is 6.61 Å². The highest BCUT2D eigenvalue weighted by molar-refractivity contribution is 5.79. The zero-order chi connectivity index (χ0) is 21.1. The number of benzene rings is 2. The fraction of sp³-hybridized carbons (Fsp3) is 0.333. The number of rotatable bonds is 6. The normalized spacial score (nSPS) is 19.9. The van der Waals surface area contributed by atoms with Gasteiger partial charge in [0, 0.05) is 5.92 Å². The molecule has 6 nitrogen and oxygen atoms in total. The van der Waals surface area contributed by atoms with E-state index in [4.69, 9.17) is 4.74 Å². The Labute approximate surface area is 175 Å². The number of aliphatic hydroxyl groups is 1. The predicted octanol–water partition coefficient (Wildman–Crippen LogP) is 3.70. The zero-order valence-electron chi connectivity index (χ0n) is 16.6. The van der Waals surface area contributed by atoms with Crippen molar-refractivity contribution in [3.05, 3.63) is 71.3 Å². The maximum Gasteiger partial charge on any atom is 0.407 e. The van der Waals surface area contributed by atoms with Crippen LogP contribution in [-0.4, -0.2) is 41.5 Å². The Balaban J connectivity index is 1.42. The minimum atomic E-state index is -0.864. The molecule has 3 N–H and O–H groups in total. The van der Waals surface area contributed by atoms with Crippen LogP contribution in [0.1, 0.15) is 36.3 Å². The van der Waals surface area contributed by atoms with Crippen LogP contribution in [0.3, 0.4) is 0 Å². The third kappa shape index (κ3) is 3.96. The zero-order valence-corrected chi connectivity index (χ0v) is 16.6. The molecule has 1 fully saturated rings. The molecule has 1 saturated carbocycles. The molecule has 0 spiro atoms. The van der Waals surface area contributed by atoms with E-state index in [1.54, 1.807) is 6.08 Å². The number of aliphatic hydroxyl groups excluding tert-OH is 1. The van der Waals surface area contributed by atoms with Crippen molar-refractivity contribution in [2.45, 2.75) is 31.2 Å². The van der Waals surface area contributed by atoms with Gasteiger partial charge in [0.2, 0.25) is 0 Å². The van der Waals surface area contributed by atoms with Gasteiger partial charge in [0.15, 0.2) is 0 Å². The molecule has 2 atom stereocenters. The van der Waals surface area contributed by atoms with Gasteiger partial charge in [-0.2, -0.15) is 0 Å². The first kappa shape index (κ1) is 20.2. The molecule has 0 bridgehead atoms. The van der Waals surface area contributed by atoms with Gasteiger partial charge in [-0.1, -0.05) is 60.2 Å². The number of amides is 1. The molecular formula is C24H25NO5. The van der Waals surface area contributed by atoms with Crippen molar-refractivity contribution in [1.29, 1.82) is 0 Å². The summed E-state index contributed by atoms with van der Waals surface area (Å²) in [6.45, 7) is -0.133. The van der Waals surface area contributed by atoms with Crippen LogP contribution in [0.15, 0.2) is 60.2 Å². The maximum absolute atomic E-state index is 12.4. The highest BCUT2D eigenvalue weighted by atomic mass is 16.5. The van der Waals surface area contributed by atoms with Gasteiger partial charge in [-0.05, 0) is 41.5 Å². The first-order valence-corrected chi connectivity index (χ1v) is 10.2. The molecule has 0 aromatic heterocycles. The number of hydrogen-bond acceptors (Lipinski definition) is 4. The predicted molar refractivity (Wildman–Crippen MR) is 112 cm³/mol. The number of carbonyl (C=O) groups excluding carboxylic acids is 1. The Bertz CT molecular complexity index is 938. The standard InChI is InChI=1S/C24H25NO5/c26-13-16(12-15-6-5-11-17(15)23(27)28)25-24(29)30-14-22-20-9-3-1-7-18(20)19-8-2-4-10-21(19)22/h1-4,7-10,12,16-17,22,26H,5-6,11,13-14H2,(H,25,29)(H,27,28)/t16-,17-/m1/s1. The van der Waals surface area contributed by atoms with E-state index in [9.17, 15) is 19.8 Å². The summed E-state index contributed by atoms with van der Waals surface area (Å²) in [7, 11) is 0. The smallest absolute Gasteiger partial charge is 0.407 e. The molecule has 30 heavy (non-hydrogen) atoms. The van der Waals surface area contributed by atoms with E-state index in [0.717, 1.165) is 34.2 Å². The molecule has 2 aliphatic rings. The first-order valence-electron chi connectivity index (χ1n) is 10.2. The number of fused-ring (bicyclic) bond motifs is 3. The molecule has 4 rings (SSSR count). The lowest BCUT2D eigenvalue weighted by Crippen LogP contribution is -2.37. The molecule has 2 aromatic carbocycles. The number of nitrogens with one attached hydrogen (secondary N) is 1. The Morgan fingerprint density at radius 3 is 2.33 bits per heavy atom. The molecule has 6 heteroatoms. The fourth-order valence-corrected chi connectivity index (χ4v) is 4.54. The maximum atomic E-state index is 12.4. The topological polar surface area (TPSA) is 95.9 Å². The van der Waals surface area contributed by atoms with Crippen LogP contribution in [0.25, 0.3) is 11.1 Å². The molecular weight excluding hydrogens is 382 g/mol. The first-order chi connectivity index (χ1) is 14.6. The second kappa shape index (κ2) is 8.71. The quantitative estimate of drug-likeness (QED) is 0.635. The summed E-state index contributed by atoms with van der Waals surface area (Å²) in [6, 6.07) is 15.5. The van der Waals surface area contributed by atoms with Gasteiger partial charge in [-0.25, -0.2) is 4.79 Å². The number of ether oxygens (including phenoxy) is 1. The van der Waals surface area contributed by atoms with E-state index < -0.39 is 24.0 Å². The molecule has 0 heterocycles. The molecule has 0 aliphatic heterocycles. The number of aliphatic carboxylic acids is 1. The van der Waals surface area contributed by atoms with E-state index in [1.165, 1.54) is 0 Å². The molecule has 0 radical (unpaired) electrons. The van der Waals surface area contributed by atoms with Gasteiger partial charge in [-0.15, -0.1) is 0 Å². The second-order valence-electron chi connectivity index (χ2n) is 7.78. The van der Waals surface area contributed by atoms with Gasteiger partial charge >= 0.3 is 12.1 Å². The van der Waals surface area contributed by atoms with Gasteiger partial charge in [0.25, 0.3) is 0 Å². The average molecular weight is 407 g/mol. The van der Waals surface area contributed by atoms with Crippen molar-refractivity contribution in [3.8, 4) is 11.1 Å². The lowest BCUT2D eigenvalue weighted by molar-refractivity contribution is -0.140. The van der Waals surface area contributed by atoms with Crippen LogP contribution >= 0.6 is 0 Å². The summed E-state index contributed by atoms with van der Waals surface area (Å²) < 4.78 is 5.50. The summed E-state index contributed by atoms with van der Waals surface area (Å²) in [5.41, 5.74) is 5.31. The average Bonchev–Trinajstić information content (AvgIpc) is 3.34. The lowest BCUT2D eigenvalue weighted by Gasteiger charge is -2.18. The van der Waals surface area contributed by atoms with Crippen molar-refractivity contribution < 1.29 is 24.5 Å². The van der Waals surface area contributed by atoms with Crippen LogP contribution in [0.4, 0.5) is 4.79 Å². The van der Waals surface area contributed by atoms with E-state index >= 15 is 0 Å². The lowest BCUT2D eigenvalue weighted by atomic mass is 9.98. The fourth-order valence-electron chi connectivity index (χ4n) is 4.54. The van der Waals surface area contributed by atoms with E-state index in [0.29, 0.717) is 12.8 Å². The van der Waals surface area contributed by atoms with Crippen LogP contribution in [0, 0.1) is 5.92 Å². The summed E-state index contributed by atoms with van der Waals surface area (Å²) in [4.78, 5) is 23.7. The molecule has 0 saturated heterocycles. The second-order valence-corrected chi connectivity index (χ2v) is 7.78. The van der Waals surface area contributed by atoms with E-state index in [2.05, 4.69) is 17.4 Å².